The third-order valence-electron chi connectivity index (χ3n) is 4.50. The van der Waals surface area contributed by atoms with Gasteiger partial charge in [-0.1, -0.05) is 24.3 Å². The number of anilines is 1. The summed E-state index contributed by atoms with van der Waals surface area (Å²) in [5, 5.41) is 12.6. The number of benzene rings is 2. The molecular weight excluding hydrogens is 496 g/mol. The maximum absolute atomic E-state index is 12.7. The third kappa shape index (κ3) is 4.36. The molecule has 0 spiro atoms. The van der Waals surface area contributed by atoms with Crippen molar-refractivity contribution in [2.45, 2.75) is 9.10 Å². The van der Waals surface area contributed by atoms with E-state index in [2.05, 4.69) is 4.72 Å². The molecule has 0 unspecified atom stereocenters. The van der Waals surface area contributed by atoms with E-state index in [0.717, 1.165) is 29.5 Å². The third-order valence-corrected chi connectivity index (χ3v) is 8.18. The quantitative estimate of drug-likeness (QED) is 0.171. The molecule has 2 N–H and O–H groups in total. The fraction of sp³-hybridized carbons (Fsp3) is 0. The smallest absolute Gasteiger partial charge is 0.360 e. The molecule has 0 bridgehead atoms. The minimum absolute atomic E-state index is 0.0240. The average molecular weight is 509 g/mol. The Balaban J connectivity index is 1.81. The molecule has 0 aliphatic carbocycles. The molecule has 0 fully saturated rings. The lowest BCUT2D eigenvalue weighted by Crippen LogP contribution is -2.18. The van der Waals surface area contributed by atoms with Crippen LogP contribution in [0.25, 0.3) is 22.1 Å². The van der Waals surface area contributed by atoms with Gasteiger partial charge in [-0.2, -0.15) is 8.42 Å². The summed E-state index contributed by atoms with van der Waals surface area (Å²) in [6, 6.07) is 11.4. The fourth-order valence-corrected chi connectivity index (χ4v) is 5.92. The number of hydrogen-bond donors (Lipinski definition) is 2. The van der Waals surface area contributed by atoms with Gasteiger partial charge in [0.2, 0.25) is 0 Å². The summed E-state index contributed by atoms with van der Waals surface area (Å²) in [5.41, 5.74) is -1.69. The van der Waals surface area contributed by atoms with Gasteiger partial charge in [0.05, 0.1) is 9.82 Å². The summed E-state index contributed by atoms with van der Waals surface area (Å²) in [4.78, 5) is 22.3. The summed E-state index contributed by atoms with van der Waals surface area (Å²) in [7, 11) is -8.90. The molecule has 0 amide bonds. The van der Waals surface area contributed by atoms with Crippen molar-refractivity contribution in [2.24, 2.45) is 0 Å². The Morgan fingerprint density at radius 3 is 2.42 bits per heavy atom. The Labute approximate surface area is 189 Å². The van der Waals surface area contributed by atoms with Crippen LogP contribution in [0.1, 0.15) is 0 Å². The normalized spacial score (nSPS) is 12.0. The Morgan fingerprint density at radius 1 is 1.00 bits per heavy atom. The van der Waals surface area contributed by atoms with Gasteiger partial charge in [0, 0.05) is 28.6 Å². The summed E-state index contributed by atoms with van der Waals surface area (Å²) in [5.74, 6) is 0. The van der Waals surface area contributed by atoms with Crippen LogP contribution < -0.4 is 10.3 Å². The van der Waals surface area contributed by atoms with Crippen molar-refractivity contribution in [1.29, 1.82) is 0 Å². The van der Waals surface area contributed by atoms with Crippen LogP contribution in [-0.4, -0.2) is 26.3 Å². The molecule has 0 aliphatic heterocycles. The van der Waals surface area contributed by atoms with E-state index < -0.39 is 47.0 Å². The molecule has 170 valence electrons. The monoisotopic (exact) mass is 508 g/mol. The van der Waals surface area contributed by atoms with Crippen LogP contribution in [0.3, 0.4) is 0 Å². The topological polar surface area (TPSA) is 174 Å². The minimum atomic E-state index is -4.53. The van der Waals surface area contributed by atoms with E-state index in [9.17, 15) is 36.3 Å². The van der Waals surface area contributed by atoms with Gasteiger partial charge in [-0.15, -0.1) is 11.3 Å². The van der Waals surface area contributed by atoms with Gasteiger partial charge in [-0.3, -0.25) is 19.4 Å². The predicted molar refractivity (Wildman–Crippen MR) is 120 cm³/mol. The second-order valence-electron chi connectivity index (χ2n) is 6.63. The number of rotatable bonds is 6. The Hall–Kier alpha value is -3.59. The first-order chi connectivity index (χ1) is 15.5. The van der Waals surface area contributed by atoms with Crippen molar-refractivity contribution in [3.63, 3.8) is 0 Å². The van der Waals surface area contributed by atoms with Crippen molar-refractivity contribution >= 4 is 53.8 Å². The molecule has 2 aromatic carbocycles. The zero-order valence-electron chi connectivity index (χ0n) is 16.2. The zero-order chi connectivity index (χ0) is 24.0. The Morgan fingerprint density at radius 2 is 1.73 bits per heavy atom. The van der Waals surface area contributed by atoms with E-state index >= 15 is 0 Å². The lowest BCUT2D eigenvalue weighted by atomic mass is 10.1. The van der Waals surface area contributed by atoms with Crippen molar-refractivity contribution < 1.29 is 30.7 Å². The highest BCUT2D eigenvalue weighted by Crippen LogP contribution is 2.36. The molecule has 4 aromatic rings. The Kier molecular flexibility index (Phi) is 5.53. The standard InChI is InChI=1S/C19H12N2O9S3/c22-18-16(20-32(25,26)13-5-2-4-12(10-13)21(23)24)9-11-3-1-6-14(17(11)30-18)15-7-8-31-19(15)33(27,28)29/h1-10,20H,(H,27,28,29). The number of thiophene rings is 1. The van der Waals surface area contributed by atoms with Crippen molar-refractivity contribution in [3.05, 3.63) is 80.5 Å². The number of sulfonamides is 1. The number of non-ortho nitro benzene ring substituents is 1. The lowest BCUT2D eigenvalue weighted by Gasteiger charge is -2.09. The summed E-state index contributed by atoms with van der Waals surface area (Å²) in [6.45, 7) is 0. The van der Waals surface area contributed by atoms with E-state index in [0.29, 0.717) is 0 Å². The molecule has 4 rings (SSSR count). The van der Waals surface area contributed by atoms with Crippen molar-refractivity contribution in [3.8, 4) is 11.1 Å². The molecular formula is C19H12N2O9S3. The fourth-order valence-electron chi connectivity index (χ4n) is 3.09. The summed E-state index contributed by atoms with van der Waals surface area (Å²) in [6.07, 6.45) is 0. The first kappa shape index (κ1) is 22.6. The molecule has 0 saturated heterocycles. The first-order valence-electron chi connectivity index (χ1n) is 8.87. The molecule has 14 heteroatoms. The Bertz CT molecular complexity index is 1690. The van der Waals surface area contributed by atoms with Gasteiger partial charge < -0.3 is 4.42 Å². The number of nitrogens with one attached hydrogen (secondary N) is 1. The van der Waals surface area contributed by atoms with Crippen LogP contribution in [0.5, 0.6) is 0 Å². The minimum Gasteiger partial charge on any atom is -0.421 e. The van der Waals surface area contributed by atoms with Crippen LogP contribution >= 0.6 is 11.3 Å². The SMILES string of the molecule is O=c1oc2c(-c3ccsc3S(=O)(=O)O)cccc2cc1NS(=O)(=O)c1cccc([N+](=O)[O-])c1. The lowest BCUT2D eigenvalue weighted by molar-refractivity contribution is -0.385. The van der Waals surface area contributed by atoms with Crippen LogP contribution in [0.15, 0.2) is 78.3 Å². The van der Waals surface area contributed by atoms with E-state index in [1.54, 1.807) is 0 Å². The number of nitro benzene ring substituents is 1. The average Bonchev–Trinajstić information content (AvgIpc) is 3.24. The highest BCUT2D eigenvalue weighted by Gasteiger charge is 2.23. The van der Waals surface area contributed by atoms with E-state index in [1.807, 2.05) is 0 Å². The molecule has 0 aliphatic rings. The zero-order valence-corrected chi connectivity index (χ0v) is 18.6. The molecule has 33 heavy (non-hydrogen) atoms. The van der Waals surface area contributed by atoms with E-state index in [-0.39, 0.29) is 26.3 Å². The first-order valence-corrected chi connectivity index (χ1v) is 12.7. The second kappa shape index (κ2) is 8.08. The number of nitro groups is 1. The number of fused-ring (bicyclic) bond motifs is 1. The largest absolute Gasteiger partial charge is 0.421 e. The van der Waals surface area contributed by atoms with Crippen LogP contribution in [0, 0.1) is 10.1 Å². The molecule has 0 radical (unpaired) electrons. The van der Waals surface area contributed by atoms with Gasteiger partial charge in [-0.05, 0) is 23.6 Å². The van der Waals surface area contributed by atoms with Gasteiger partial charge in [0.15, 0.2) is 4.21 Å². The van der Waals surface area contributed by atoms with Crippen molar-refractivity contribution in [1.82, 2.24) is 0 Å². The molecule has 2 aromatic heterocycles. The van der Waals surface area contributed by atoms with Gasteiger partial charge in [0.25, 0.3) is 15.7 Å². The van der Waals surface area contributed by atoms with Crippen LogP contribution in [-0.2, 0) is 20.1 Å². The molecule has 0 atom stereocenters. The van der Waals surface area contributed by atoms with E-state index in [4.69, 9.17) is 4.42 Å². The number of hydrogen-bond acceptors (Lipinski definition) is 9. The number of para-hydroxylation sites is 1. The summed E-state index contributed by atoms with van der Waals surface area (Å²) < 4.78 is 65.1. The summed E-state index contributed by atoms with van der Waals surface area (Å²) >= 11 is 0.779. The van der Waals surface area contributed by atoms with Crippen molar-refractivity contribution in [2.75, 3.05) is 4.72 Å². The van der Waals surface area contributed by atoms with Gasteiger partial charge >= 0.3 is 15.7 Å². The molecule has 0 saturated carbocycles. The maximum Gasteiger partial charge on any atom is 0.360 e. The van der Waals surface area contributed by atoms with Crippen LogP contribution in [0.2, 0.25) is 0 Å². The highest BCUT2D eigenvalue weighted by molar-refractivity contribution is 7.92. The van der Waals surface area contributed by atoms with Gasteiger partial charge in [-0.25, -0.2) is 13.2 Å². The molecule has 11 nitrogen and oxygen atoms in total. The predicted octanol–water partition coefficient (Wildman–Crippen LogP) is 3.48. The second-order valence-corrected chi connectivity index (χ2v) is 10.8. The van der Waals surface area contributed by atoms with E-state index in [1.165, 1.54) is 41.8 Å². The van der Waals surface area contributed by atoms with Crippen LogP contribution in [0.4, 0.5) is 11.4 Å². The number of nitrogens with zero attached hydrogens (tertiary/aromatic N) is 1. The van der Waals surface area contributed by atoms with Gasteiger partial charge in [0.1, 0.15) is 11.3 Å². The molecule has 2 heterocycles. The highest BCUT2D eigenvalue weighted by atomic mass is 32.3. The maximum atomic E-state index is 12.7.